The second-order valence-corrected chi connectivity index (χ2v) is 4.13. The molecule has 0 spiro atoms. The van der Waals surface area contributed by atoms with Crippen LogP contribution in [0.2, 0.25) is 0 Å². The van der Waals surface area contributed by atoms with Crippen molar-refractivity contribution in [3.63, 3.8) is 0 Å². The third kappa shape index (κ3) is 6.40. The fourth-order valence-electron chi connectivity index (χ4n) is 1.60. The number of carbonyl (C=O) groups is 2. The third-order valence-electron chi connectivity index (χ3n) is 2.66. The Hall–Kier alpha value is -1.10. The number of primary amides is 1. The number of hydrogen-bond donors (Lipinski definition) is 3. The molecule has 0 aromatic rings. The maximum absolute atomic E-state index is 11.1. The van der Waals surface area contributed by atoms with Crippen molar-refractivity contribution in [2.45, 2.75) is 51.5 Å². The highest BCUT2D eigenvalue weighted by Gasteiger charge is 2.22. The van der Waals surface area contributed by atoms with E-state index in [1.54, 1.807) is 0 Å². The zero-order valence-electron chi connectivity index (χ0n) is 9.82. The van der Waals surface area contributed by atoms with E-state index >= 15 is 0 Å². The van der Waals surface area contributed by atoms with Gasteiger partial charge in [-0.3, -0.25) is 9.59 Å². The molecule has 0 aliphatic carbocycles. The number of unbranched alkanes of at least 4 members (excludes halogenated alkanes) is 3. The van der Waals surface area contributed by atoms with Crippen molar-refractivity contribution >= 4 is 11.9 Å². The van der Waals surface area contributed by atoms with Crippen LogP contribution in [-0.4, -0.2) is 23.0 Å². The van der Waals surface area contributed by atoms with Crippen LogP contribution in [0.15, 0.2) is 0 Å². The van der Waals surface area contributed by atoms with E-state index in [1.165, 1.54) is 0 Å². The molecule has 0 aliphatic heterocycles. The lowest BCUT2D eigenvalue weighted by atomic mass is 9.93. The van der Waals surface area contributed by atoms with Gasteiger partial charge in [-0.05, 0) is 12.8 Å². The highest BCUT2D eigenvalue weighted by Crippen LogP contribution is 2.15. The van der Waals surface area contributed by atoms with Crippen LogP contribution in [0.3, 0.4) is 0 Å². The average Bonchev–Trinajstić information content (AvgIpc) is 2.21. The van der Waals surface area contributed by atoms with Crippen LogP contribution >= 0.6 is 0 Å². The highest BCUT2D eigenvalue weighted by molar-refractivity contribution is 5.79. The van der Waals surface area contributed by atoms with E-state index in [-0.39, 0.29) is 6.42 Å². The lowest BCUT2D eigenvalue weighted by molar-refractivity contribution is -0.139. The quantitative estimate of drug-likeness (QED) is 0.511. The van der Waals surface area contributed by atoms with Crippen LogP contribution in [0.1, 0.15) is 45.4 Å². The molecular weight excluding hydrogens is 208 g/mol. The van der Waals surface area contributed by atoms with Crippen LogP contribution in [-0.2, 0) is 9.59 Å². The van der Waals surface area contributed by atoms with Gasteiger partial charge in [-0.2, -0.15) is 0 Å². The predicted octanol–water partition coefficient (Wildman–Crippen LogP) is 0.860. The summed E-state index contributed by atoms with van der Waals surface area (Å²) >= 11 is 0. The number of carbonyl (C=O) groups excluding carboxylic acids is 1. The van der Waals surface area contributed by atoms with Gasteiger partial charge in [0, 0.05) is 5.92 Å². The van der Waals surface area contributed by atoms with Gasteiger partial charge in [0.25, 0.3) is 0 Å². The van der Waals surface area contributed by atoms with Crippen molar-refractivity contribution < 1.29 is 14.7 Å². The Balaban J connectivity index is 3.98. The fourth-order valence-corrected chi connectivity index (χ4v) is 1.60. The van der Waals surface area contributed by atoms with Crippen LogP contribution in [0, 0.1) is 5.92 Å². The van der Waals surface area contributed by atoms with E-state index in [1.807, 2.05) is 0 Å². The fraction of sp³-hybridized carbons (Fsp3) is 0.818. The normalized spacial score (nSPS) is 14.4. The molecule has 0 bridgehead atoms. The molecule has 1 amide bonds. The molecule has 94 valence electrons. The Morgan fingerprint density at radius 1 is 1.25 bits per heavy atom. The molecular formula is C11H22N2O3. The number of nitrogens with two attached hydrogens (primary N) is 2. The average molecular weight is 230 g/mol. The van der Waals surface area contributed by atoms with Crippen molar-refractivity contribution in [1.29, 1.82) is 0 Å². The van der Waals surface area contributed by atoms with E-state index in [9.17, 15) is 9.59 Å². The Kier molecular flexibility index (Phi) is 7.54. The van der Waals surface area contributed by atoms with Crippen LogP contribution in [0.4, 0.5) is 0 Å². The van der Waals surface area contributed by atoms with Crippen LogP contribution in [0.25, 0.3) is 0 Å². The molecule has 0 aromatic heterocycles. The summed E-state index contributed by atoms with van der Waals surface area (Å²) in [6.45, 7) is 2.10. The Bertz CT molecular complexity index is 231. The molecule has 0 fully saturated rings. The smallest absolute Gasteiger partial charge is 0.320 e. The van der Waals surface area contributed by atoms with E-state index < -0.39 is 23.8 Å². The minimum absolute atomic E-state index is 0.136. The Morgan fingerprint density at radius 3 is 2.31 bits per heavy atom. The first-order valence-corrected chi connectivity index (χ1v) is 5.76. The first-order chi connectivity index (χ1) is 7.49. The standard InChI is InChI=1S/C11H22N2O3/c1-2-3-4-5-6-8(10(13)14)7-9(12)11(15)16/h8-9H,2-7,12H2,1H3,(H2,13,14)(H,15,16)/t8?,9-/m0/s1. The zero-order valence-corrected chi connectivity index (χ0v) is 9.82. The minimum atomic E-state index is -1.08. The summed E-state index contributed by atoms with van der Waals surface area (Å²) in [5.41, 5.74) is 10.6. The molecule has 0 heterocycles. The number of amides is 1. The van der Waals surface area contributed by atoms with Crippen molar-refractivity contribution in [1.82, 2.24) is 0 Å². The van der Waals surface area contributed by atoms with Gasteiger partial charge in [-0.1, -0.05) is 32.6 Å². The van der Waals surface area contributed by atoms with Gasteiger partial charge in [0.15, 0.2) is 0 Å². The van der Waals surface area contributed by atoms with Crippen molar-refractivity contribution in [2.75, 3.05) is 0 Å². The van der Waals surface area contributed by atoms with Crippen molar-refractivity contribution in [2.24, 2.45) is 17.4 Å². The third-order valence-corrected chi connectivity index (χ3v) is 2.66. The van der Waals surface area contributed by atoms with Crippen molar-refractivity contribution in [3.8, 4) is 0 Å². The molecule has 0 aliphatic rings. The Morgan fingerprint density at radius 2 is 1.88 bits per heavy atom. The summed E-state index contributed by atoms with van der Waals surface area (Å²) in [6, 6.07) is -0.997. The first kappa shape index (κ1) is 14.9. The van der Waals surface area contributed by atoms with E-state index in [4.69, 9.17) is 16.6 Å². The molecule has 1 unspecified atom stereocenters. The predicted molar refractivity (Wildman–Crippen MR) is 61.7 cm³/mol. The number of hydrogen-bond acceptors (Lipinski definition) is 3. The molecule has 0 aromatic carbocycles. The topological polar surface area (TPSA) is 106 Å². The molecule has 0 rings (SSSR count). The maximum Gasteiger partial charge on any atom is 0.320 e. The van der Waals surface area contributed by atoms with Crippen molar-refractivity contribution in [3.05, 3.63) is 0 Å². The molecule has 2 atom stereocenters. The van der Waals surface area contributed by atoms with Crippen LogP contribution < -0.4 is 11.5 Å². The molecule has 16 heavy (non-hydrogen) atoms. The summed E-state index contributed by atoms with van der Waals surface area (Å²) < 4.78 is 0. The van der Waals surface area contributed by atoms with Gasteiger partial charge in [-0.15, -0.1) is 0 Å². The van der Waals surface area contributed by atoms with Crippen LogP contribution in [0.5, 0.6) is 0 Å². The summed E-state index contributed by atoms with van der Waals surface area (Å²) in [6.07, 6.45) is 4.95. The van der Waals surface area contributed by atoms with Gasteiger partial charge in [0.2, 0.25) is 5.91 Å². The largest absolute Gasteiger partial charge is 0.480 e. The van der Waals surface area contributed by atoms with Gasteiger partial charge < -0.3 is 16.6 Å². The summed E-state index contributed by atoms with van der Waals surface area (Å²) in [4.78, 5) is 21.7. The highest BCUT2D eigenvalue weighted by atomic mass is 16.4. The van der Waals surface area contributed by atoms with Gasteiger partial charge >= 0.3 is 5.97 Å². The van der Waals surface area contributed by atoms with Gasteiger partial charge in [0.1, 0.15) is 6.04 Å². The minimum Gasteiger partial charge on any atom is -0.480 e. The molecule has 5 heteroatoms. The SMILES string of the molecule is CCCCCCC(C[C@H](N)C(=O)O)C(N)=O. The molecule has 0 radical (unpaired) electrons. The van der Waals surface area contributed by atoms with Gasteiger partial charge in [-0.25, -0.2) is 0 Å². The lowest BCUT2D eigenvalue weighted by Gasteiger charge is -2.15. The summed E-state index contributed by atoms with van der Waals surface area (Å²) in [5, 5.41) is 8.65. The van der Waals surface area contributed by atoms with E-state index in [0.717, 1.165) is 25.7 Å². The summed E-state index contributed by atoms with van der Waals surface area (Å²) in [5.74, 6) is -1.95. The zero-order chi connectivity index (χ0) is 12.6. The first-order valence-electron chi connectivity index (χ1n) is 5.76. The summed E-state index contributed by atoms with van der Waals surface area (Å²) in [7, 11) is 0. The molecule has 0 saturated heterocycles. The number of aliphatic carboxylic acids is 1. The molecule has 0 saturated carbocycles. The monoisotopic (exact) mass is 230 g/mol. The second-order valence-electron chi connectivity index (χ2n) is 4.13. The number of rotatable bonds is 9. The molecule has 5 N–H and O–H groups in total. The van der Waals surface area contributed by atoms with E-state index in [2.05, 4.69) is 6.92 Å². The lowest BCUT2D eigenvalue weighted by Crippen LogP contribution is -2.36. The number of carboxylic acids is 1. The Labute approximate surface area is 96.2 Å². The van der Waals surface area contributed by atoms with Gasteiger partial charge in [0.05, 0.1) is 0 Å². The van der Waals surface area contributed by atoms with E-state index in [0.29, 0.717) is 6.42 Å². The number of carboxylic acid groups (broad SMARTS) is 1. The maximum atomic E-state index is 11.1. The molecule has 5 nitrogen and oxygen atoms in total. The second kappa shape index (κ2) is 8.10.